The molecule has 176 valence electrons. The molecule has 1 aliphatic rings. The Morgan fingerprint density at radius 1 is 1.03 bits per heavy atom. The van der Waals surface area contributed by atoms with Crippen LogP contribution in [0.2, 0.25) is 0 Å². The van der Waals surface area contributed by atoms with E-state index in [4.69, 9.17) is 4.74 Å². The SMILES string of the molecule is CCN(C(=O)C(C)CCCNC(=O)OCC1c2ccccc2-c2ccccc21)C(C)C(=O)O. The number of ether oxygens (including phenoxy) is 1. The molecule has 0 saturated carbocycles. The molecule has 2 atom stereocenters. The minimum absolute atomic E-state index is 0.0112. The molecule has 2 aromatic rings. The molecule has 0 radical (unpaired) electrons. The average Bonchev–Trinajstić information content (AvgIpc) is 3.14. The summed E-state index contributed by atoms with van der Waals surface area (Å²) >= 11 is 0. The molecule has 7 heteroatoms. The van der Waals surface area contributed by atoms with E-state index in [9.17, 15) is 19.5 Å². The lowest BCUT2D eigenvalue weighted by Crippen LogP contribution is -2.45. The Hall–Kier alpha value is -3.35. The maximum atomic E-state index is 12.5. The fourth-order valence-electron chi connectivity index (χ4n) is 4.41. The predicted octanol–water partition coefficient (Wildman–Crippen LogP) is 4.26. The molecule has 1 aliphatic carbocycles. The highest BCUT2D eigenvalue weighted by Crippen LogP contribution is 2.44. The fraction of sp³-hybridized carbons (Fsp3) is 0.423. The second kappa shape index (κ2) is 11.0. The van der Waals surface area contributed by atoms with Crippen molar-refractivity contribution in [1.29, 1.82) is 0 Å². The van der Waals surface area contributed by atoms with E-state index in [2.05, 4.69) is 29.6 Å². The van der Waals surface area contributed by atoms with Crippen LogP contribution in [0.1, 0.15) is 50.7 Å². The van der Waals surface area contributed by atoms with Gasteiger partial charge in [-0.3, -0.25) is 4.79 Å². The van der Waals surface area contributed by atoms with Crippen molar-refractivity contribution in [3.05, 3.63) is 59.7 Å². The van der Waals surface area contributed by atoms with Gasteiger partial charge in [0.25, 0.3) is 0 Å². The van der Waals surface area contributed by atoms with Gasteiger partial charge in [0.1, 0.15) is 12.6 Å². The summed E-state index contributed by atoms with van der Waals surface area (Å²) in [7, 11) is 0. The van der Waals surface area contributed by atoms with Gasteiger partial charge in [0.2, 0.25) is 5.91 Å². The van der Waals surface area contributed by atoms with Crippen LogP contribution in [0.4, 0.5) is 4.79 Å². The quantitative estimate of drug-likeness (QED) is 0.525. The number of amides is 2. The predicted molar refractivity (Wildman–Crippen MR) is 126 cm³/mol. The maximum Gasteiger partial charge on any atom is 0.407 e. The van der Waals surface area contributed by atoms with Gasteiger partial charge < -0.3 is 20.1 Å². The summed E-state index contributed by atoms with van der Waals surface area (Å²) < 4.78 is 5.52. The van der Waals surface area contributed by atoms with Crippen LogP contribution < -0.4 is 5.32 Å². The number of hydrogen-bond donors (Lipinski definition) is 2. The Morgan fingerprint density at radius 2 is 1.61 bits per heavy atom. The number of carboxylic acid groups (broad SMARTS) is 1. The molecule has 7 nitrogen and oxygen atoms in total. The second-order valence-electron chi connectivity index (χ2n) is 8.43. The standard InChI is InChI=1S/C26H32N2O5/c1-4-28(18(3)25(30)31)24(29)17(2)10-9-15-27-26(32)33-16-23-21-13-7-5-11-19(21)20-12-6-8-14-22(20)23/h5-8,11-14,17-18,23H,4,9-10,15-16H2,1-3H3,(H,27,32)(H,30,31). The van der Waals surface area contributed by atoms with Crippen LogP contribution in [0.25, 0.3) is 11.1 Å². The summed E-state index contributed by atoms with van der Waals surface area (Å²) in [6.07, 6.45) is 0.659. The lowest BCUT2D eigenvalue weighted by Gasteiger charge is -2.28. The smallest absolute Gasteiger partial charge is 0.407 e. The number of carbonyl (C=O) groups is 3. The van der Waals surface area contributed by atoms with E-state index < -0.39 is 18.1 Å². The molecule has 0 aliphatic heterocycles. The van der Waals surface area contributed by atoms with E-state index in [0.29, 0.717) is 25.9 Å². The molecule has 2 aromatic carbocycles. The largest absolute Gasteiger partial charge is 0.480 e. The van der Waals surface area contributed by atoms with Crippen LogP contribution in [-0.2, 0) is 14.3 Å². The van der Waals surface area contributed by atoms with Gasteiger partial charge in [-0.1, -0.05) is 55.5 Å². The molecule has 0 bridgehead atoms. The molecule has 0 spiro atoms. The van der Waals surface area contributed by atoms with Gasteiger partial charge in [0.05, 0.1) is 0 Å². The van der Waals surface area contributed by atoms with Gasteiger partial charge in [-0.25, -0.2) is 9.59 Å². The molecule has 0 fully saturated rings. The third kappa shape index (κ3) is 5.53. The van der Waals surface area contributed by atoms with E-state index in [-0.39, 0.29) is 24.3 Å². The fourth-order valence-corrected chi connectivity index (χ4v) is 4.41. The van der Waals surface area contributed by atoms with Crippen LogP contribution in [0, 0.1) is 5.92 Å². The molecule has 33 heavy (non-hydrogen) atoms. The Bertz CT molecular complexity index is 960. The highest BCUT2D eigenvalue weighted by molar-refractivity contribution is 5.84. The van der Waals surface area contributed by atoms with Gasteiger partial charge in [0, 0.05) is 24.9 Å². The van der Waals surface area contributed by atoms with Crippen molar-refractivity contribution in [3.63, 3.8) is 0 Å². The number of likely N-dealkylation sites (N-methyl/N-ethyl adjacent to an activating group) is 1. The van der Waals surface area contributed by atoms with E-state index >= 15 is 0 Å². The minimum atomic E-state index is -1.02. The van der Waals surface area contributed by atoms with Crippen molar-refractivity contribution in [2.75, 3.05) is 19.7 Å². The van der Waals surface area contributed by atoms with Gasteiger partial charge in [-0.2, -0.15) is 0 Å². The number of carboxylic acids is 1. The van der Waals surface area contributed by atoms with Crippen LogP contribution >= 0.6 is 0 Å². The first-order chi connectivity index (χ1) is 15.8. The number of alkyl carbamates (subject to hydrolysis) is 1. The summed E-state index contributed by atoms with van der Waals surface area (Å²) in [5, 5.41) is 11.9. The number of carbonyl (C=O) groups excluding carboxylic acids is 2. The normalized spacial score (nSPS) is 14.0. The molecule has 0 saturated heterocycles. The monoisotopic (exact) mass is 452 g/mol. The highest BCUT2D eigenvalue weighted by Gasteiger charge is 2.29. The van der Waals surface area contributed by atoms with E-state index in [0.717, 1.165) is 11.1 Å². The lowest BCUT2D eigenvalue weighted by molar-refractivity contribution is -0.150. The summed E-state index contributed by atoms with van der Waals surface area (Å²) in [6.45, 7) is 6.04. The van der Waals surface area contributed by atoms with Crippen LogP contribution in [0.3, 0.4) is 0 Å². The number of nitrogens with zero attached hydrogens (tertiary/aromatic N) is 1. The highest BCUT2D eigenvalue weighted by atomic mass is 16.5. The third-order valence-electron chi connectivity index (χ3n) is 6.30. The average molecular weight is 453 g/mol. The molecule has 2 amide bonds. The van der Waals surface area contributed by atoms with Crippen molar-refractivity contribution in [3.8, 4) is 11.1 Å². The summed E-state index contributed by atoms with van der Waals surface area (Å²) in [5.74, 6) is -1.52. The Kier molecular flexibility index (Phi) is 8.09. The van der Waals surface area contributed by atoms with Crippen molar-refractivity contribution < 1.29 is 24.2 Å². The van der Waals surface area contributed by atoms with Crippen LogP contribution in [0.5, 0.6) is 0 Å². The van der Waals surface area contributed by atoms with Gasteiger partial charge >= 0.3 is 12.1 Å². The van der Waals surface area contributed by atoms with E-state index in [1.165, 1.54) is 23.0 Å². The first-order valence-corrected chi connectivity index (χ1v) is 11.5. The maximum absolute atomic E-state index is 12.5. The van der Waals surface area contributed by atoms with Crippen molar-refractivity contribution in [2.24, 2.45) is 5.92 Å². The van der Waals surface area contributed by atoms with Crippen LogP contribution in [0.15, 0.2) is 48.5 Å². The lowest BCUT2D eigenvalue weighted by atomic mass is 9.98. The molecule has 0 heterocycles. The number of nitrogens with one attached hydrogen (secondary N) is 1. The number of hydrogen-bond acceptors (Lipinski definition) is 4. The Morgan fingerprint density at radius 3 is 2.15 bits per heavy atom. The molecule has 3 rings (SSSR count). The zero-order valence-electron chi connectivity index (χ0n) is 19.4. The molecular formula is C26H32N2O5. The van der Waals surface area contributed by atoms with Crippen molar-refractivity contribution in [2.45, 2.75) is 45.6 Å². The van der Waals surface area contributed by atoms with E-state index in [1.54, 1.807) is 13.8 Å². The molecule has 2 N–H and O–H groups in total. The molecular weight excluding hydrogens is 420 g/mol. The number of aliphatic carboxylic acids is 1. The van der Waals surface area contributed by atoms with Crippen molar-refractivity contribution in [1.82, 2.24) is 10.2 Å². The van der Waals surface area contributed by atoms with Crippen molar-refractivity contribution >= 4 is 18.0 Å². The first kappa shape index (κ1) is 24.3. The Labute approximate surface area is 194 Å². The minimum Gasteiger partial charge on any atom is -0.480 e. The number of benzene rings is 2. The first-order valence-electron chi connectivity index (χ1n) is 11.5. The summed E-state index contributed by atoms with van der Waals surface area (Å²) in [4.78, 5) is 37.4. The second-order valence-corrected chi connectivity index (χ2v) is 8.43. The number of fused-ring (bicyclic) bond motifs is 3. The summed E-state index contributed by atoms with van der Waals surface area (Å²) in [6, 6.07) is 15.5. The Balaban J connectivity index is 1.44. The zero-order valence-corrected chi connectivity index (χ0v) is 19.4. The zero-order chi connectivity index (χ0) is 24.0. The summed E-state index contributed by atoms with van der Waals surface area (Å²) in [5.41, 5.74) is 4.68. The topological polar surface area (TPSA) is 95.9 Å². The number of rotatable bonds is 10. The third-order valence-corrected chi connectivity index (χ3v) is 6.30. The van der Waals surface area contributed by atoms with Gasteiger partial charge in [-0.05, 0) is 48.9 Å². The van der Waals surface area contributed by atoms with Gasteiger partial charge in [-0.15, -0.1) is 0 Å². The molecule has 2 unspecified atom stereocenters. The van der Waals surface area contributed by atoms with E-state index in [1.807, 2.05) is 24.3 Å². The molecule has 0 aromatic heterocycles. The van der Waals surface area contributed by atoms with Crippen LogP contribution in [-0.4, -0.2) is 53.7 Å². The van der Waals surface area contributed by atoms with Gasteiger partial charge in [0.15, 0.2) is 0 Å².